The first kappa shape index (κ1) is 20.9. The van der Waals surface area contributed by atoms with Crippen LogP contribution in [0.4, 0.5) is 13.2 Å². The molecule has 0 aliphatic carbocycles. The summed E-state index contributed by atoms with van der Waals surface area (Å²) in [5.74, 6) is -1.29. The monoisotopic (exact) mass is 381 g/mol. The molecule has 146 valence electrons. The van der Waals surface area contributed by atoms with E-state index in [0.29, 0.717) is 12.5 Å². The summed E-state index contributed by atoms with van der Waals surface area (Å²) in [4.78, 5) is 12.0. The molecule has 0 aliphatic heterocycles. The molecule has 4 nitrogen and oxygen atoms in total. The summed E-state index contributed by atoms with van der Waals surface area (Å²) in [5.41, 5.74) is -1.65. The van der Waals surface area contributed by atoms with Crippen LogP contribution in [0.5, 0.6) is 0 Å². The van der Waals surface area contributed by atoms with Gasteiger partial charge in [-0.25, -0.2) is 5.48 Å². The van der Waals surface area contributed by atoms with Crippen molar-refractivity contribution in [3.8, 4) is 11.1 Å². The van der Waals surface area contributed by atoms with Gasteiger partial charge in [0.1, 0.15) is 0 Å². The van der Waals surface area contributed by atoms with Crippen LogP contribution >= 0.6 is 0 Å². The normalized spacial score (nSPS) is 16.3. The summed E-state index contributed by atoms with van der Waals surface area (Å²) < 4.78 is 39.8. The van der Waals surface area contributed by atoms with E-state index in [0.717, 1.165) is 18.1 Å². The van der Waals surface area contributed by atoms with Gasteiger partial charge in [0.15, 0.2) is 5.60 Å². The van der Waals surface area contributed by atoms with E-state index in [1.54, 1.807) is 12.1 Å². The lowest BCUT2D eigenvalue weighted by Crippen LogP contribution is -2.61. The summed E-state index contributed by atoms with van der Waals surface area (Å²) in [6.07, 6.45) is -5.23. The van der Waals surface area contributed by atoms with Crippen LogP contribution in [0.2, 0.25) is 0 Å². The van der Waals surface area contributed by atoms with Crippen LogP contribution in [0.1, 0.15) is 25.8 Å². The predicted octanol–water partition coefficient (Wildman–Crippen LogP) is 4.11. The molecule has 7 heteroatoms. The average Bonchev–Trinajstić information content (AvgIpc) is 2.65. The standard InChI is InChI=1S/C20H22F3NO3/c1-18(17(25)24-27,19(2,26)20(21,22)23)13-12-14-8-10-16(11-9-14)15-6-4-3-5-7-15/h3-11,26-27H,12-13H2,1-2H3,(H,24,25). The Kier molecular flexibility index (Phi) is 5.97. The first-order chi connectivity index (χ1) is 12.5. The number of benzene rings is 2. The van der Waals surface area contributed by atoms with Crippen LogP contribution in [0.15, 0.2) is 54.6 Å². The van der Waals surface area contributed by atoms with Crippen LogP contribution < -0.4 is 5.48 Å². The Morgan fingerprint density at radius 3 is 1.96 bits per heavy atom. The largest absolute Gasteiger partial charge is 0.417 e. The lowest BCUT2D eigenvalue weighted by molar-refractivity contribution is -0.289. The topological polar surface area (TPSA) is 69.6 Å². The van der Waals surface area contributed by atoms with E-state index >= 15 is 0 Å². The maximum atomic E-state index is 13.3. The van der Waals surface area contributed by atoms with Gasteiger partial charge in [-0.2, -0.15) is 13.2 Å². The first-order valence-corrected chi connectivity index (χ1v) is 8.41. The fraction of sp³-hybridized carbons (Fsp3) is 0.350. The second-order valence-corrected chi connectivity index (χ2v) is 6.91. The molecule has 0 heterocycles. The van der Waals surface area contributed by atoms with Crippen molar-refractivity contribution < 1.29 is 28.3 Å². The molecular weight excluding hydrogens is 359 g/mol. The van der Waals surface area contributed by atoms with Gasteiger partial charge >= 0.3 is 6.18 Å². The van der Waals surface area contributed by atoms with Gasteiger partial charge in [0.2, 0.25) is 0 Å². The van der Waals surface area contributed by atoms with Crippen LogP contribution in [0, 0.1) is 5.41 Å². The highest BCUT2D eigenvalue weighted by Crippen LogP contribution is 2.46. The molecule has 1 amide bonds. The second kappa shape index (κ2) is 7.70. The number of aryl methyl sites for hydroxylation is 1. The van der Waals surface area contributed by atoms with Crippen molar-refractivity contribution in [2.24, 2.45) is 5.41 Å². The molecule has 0 spiro atoms. The number of alkyl halides is 3. The molecule has 2 unspecified atom stereocenters. The van der Waals surface area contributed by atoms with Crippen molar-refractivity contribution >= 4 is 5.91 Å². The molecular formula is C20H22F3NO3. The first-order valence-electron chi connectivity index (χ1n) is 8.41. The molecule has 0 fully saturated rings. The van der Waals surface area contributed by atoms with E-state index in [1.165, 1.54) is 5.48 Å². The fourth-order valence-electron chi connectivity index (χ4n) is 2.90. The Balaban J connectivity index is 2.22. The smallest absolute Gasteiger partial charge is 0.380 e. The number of carbonyl (C=O) groups excluding carboxylic acids is 1. The number of rotatable bonds is 6. The highest BCUT2D eigenvalue weighted by atomic mass is 19.4. The average molecular weight is 381 g/mol. The molecule has 2 aromatic rings. The van der Waals surface area contributed by atoms with Crippen molar-refractivity contribution in [1.29, 1.82) is 0 Å². The zero-order chi connectivity index (χ0) is 20.3. The predicted molar refractivity (Wildman–Crippen MR) is 94.9 cm³/mol. The van der Waals surface area contributed by atoms with Crippen molar-refractivity contribution in [3.63, 3.8) is 0 Å². The maximum absolute atomic E-state index is 13.3. The molecule has 0 aromatic heterocycles. The zero-order valence-corrected chi connectivity index (χ0v) is 15.0. The summed E-state index contributed by atoms with van der Waals surface area (Å²) in [6, 6.07) is 16.8. The third-order valence-corrected chi connectivity index (χ3v) is 5.20. The van der Waals surface area contributed by atoms with Crippen molar-refractivity contribution in [1.82, 2.24) is 5.48 Å². The molecule has 2 aromatic carbocycles. The van der Waals surface area contributed by atoms with Gasteiger partial charge in [0.05, 0.1) is 5.41 Å². The van der Waals surface area contributed by atoms with Gasteiger partial charge in [-0.05, 0) is 43.4 Å². The van der Waals surface area contributed by atoms with Crippen LogP contribution in [-0.2, 0) is 11.2 Å². The van der Waals surface area contributed by atoms with E-state index in [-0.39, 0.29) is 12.8 Å². The van der Waals surface area contributed by atoms with E-state index in [2.05, 4.69) is 0 Å². The van der Waals surface area contributed by atoms with E-state index in [9.17, 15) is 23.1 Å². The zero-order valence-electron chi connectivity index (χ0n) is 15.0. The van der Waals surface area contributed by atoms with Gasteiger partial charge in [0.25, 0.3) is 5.91 Å². The lowest BCUT2D eigenvalue weighted by Gasteiger charge is -2.41. The third kappa shape index (κ3) is 4.14. The van der Waals surface area contributed by atoms with Crippen molar-refractivity contribution in [2.45, 2.75) is 38.5 Å². The molecule has 0 saturated carbocycles. The molecule has 0 bridgehead atoms. The molecule has 0 aliphatic rings. The van der Waals surface area contributed by atoms with E-state index < -0.39 is 23.1 Å². The highest BCUT2D eigenvalue weighted by molar-refractivity contribution is 5.82. The minimum atomic E-state index is -5.04. The van der Waals surface area contributed by atoms with Gasteiger partial charge in [-0.1, -0.05) is 54.6 Å². The molecule has 2 atom stereocenters. The fourth-order valence-corrected chi connectivity index (χ4v) is 2.90. The number of hydroxylamine groups is 1. The number of carbonyl (C=O) groups is 1. The number of hydrogen-bond donors (Lipinski definition) is 3. The Morgan fingerprint density at radius 1 is 0.963 bits per heavy atom. The Hall–Kier alpha value is -2.38. The van der Waals surface area contributed by atoms with Gasteiger partial charge in [0, 0.05) is 0 Å². The maximum Gasteiger partial charge on any atom is 0.417 e. The summed E-state index contributed by atoms with van der Waals surface area (Å²) in [6.45, 7) is 1.53. The van der Waals surface area contributed by atoms with Crippen LogP contribution in [0.3, 0.4) is 0 Å². The van der Waals surface area contributed by atoms with Crippen LogP contribution in [0.25, 0.3) is 11.1 Å². The number of halogens is 3. The third-order valence-electron chi connectivity index (χ3n) is 5.20. The molecule has 3 N–H and O–H groups in total. The molecule has 2 rings (SSSR count). The molecule has 0 saturated heterocycles. The molecule has 27 heavy (non-hydrogen) atoms. The highest BCUT2D eigenvalue weighted by Gasteiger charge is 2.63. The minimum Gasteiger partial charge on any atom is -0.380 e. The quantitative estimate of drug-likeness (QED) is 0.521. The van der Waals surface area contributed by atoms with E-state index in [1.807, 2.05) is 42.5 Å². The Morgan fingerprint density at radius 2 is 1.48 bits per heavy atom. The second-order valence-electron chi connectivity index (χ2n) is 6.91. The SMILES string of the molecule is CC(CCc1ccc(-c2ccccc2)cc1)(C(=O)NO)C(C)(O)C(F)(F)F. The lowest BCUT2D eigenvalue weighted by atomic mass is 9.69. The summed E-state index contributed by atoms with van der Waals surface area (Å²) in [5, 5.41) is 18.9. The Labute approximate surface area is 155 Å². The number of nitrogens with one attached hydrogen (secondary N) is 1. The van der Waals surface area contributed by atoms with Crippen molar-refractivity contribution in [3.05, 3.63) is 60.2 Å². The van der Waals surface area contributed by atoms with Gasteiger partial charge < -0.3 is 5.11 Å². The summed E-state index contributed by atoms with van der Waals surface area (Å²) >= 11 is 0. The van der Waals surface area contributed by atoms with E-state index in [4.69, 9.17) is 5.21 Å². The number of amides is 1. The number of aliphatic hydroxyl groups is 1. The minimum absolute atomic E-state index is 0.116. The number of hydrogen-bond acceptors (Lipinski definition) is 3. The molecule has 0 radical (unpaired) electrons. The Bertz CT molecular complexity index is 773. The van der Waals surface area contributed by atoms with Crippen molar-refractivity contribution in [2.75, 3.05) is 0 Å². The van der Waals surface area contributed by atoms with Crippen LogP contribution in [-0.4, -0.2) is 28.0 Å². The summed E-state index contributed by atoms with van der Waals surface area (Å²) in [7, 11) is 0. The van der Waals surface area contributed by atoms with Gasteiger partial charge in [-0.3, -0.25) is 10.0 Å². The van der Waals surface area contributed by atoms with Gasteiger partial charge in [-0.15, -0.1) is 0 Å².